The van der Waals surface area contributed by atoms with Crippen LogP contribution >= 0.6 is 11.6 Å². The van der Waals surface area contributed by atoms with Crippen molar-refractivity contribution < 1.29 is 18.4 Å². The maximum absolute atomic E-state index is 13.1. The van der Waals surface area contributed by atoms with Crippen molar-refractivity contribution in [3.05, 3.63) is 65.0 Å². The van der Waals surface area contributed by atoms with Crippen molar-refractivity contribution in [1.82, 2.24) is 24.3 Å². The molecule has 2 amide bonds. The number of amides is 2. The van der Waals surface area contributed by atoms with Gasteiger partial charge in [0.2, 0.25) is 11.9 Å². The average Bonchev–Trinajstić information content (AvgIpc) is 3.04. The van der Waals surface area contributed by atoms with E-state index in [1.807, 2.05) is 23.6 Å². The van der Waals surface area contributed by atoms with Crippen LogP contribution in [0.4, 0.5) is 14.7 Å². The summed E-state index contributed by atoms with van der Waals surface area (Å²) in [5.74, 6) is -2.75. The maximum Gasteiger partial charge on any atom is 0.272 e. The average molecular weight is 543 g/mol. The molecule has 1 aromatic carbocycles. The molecule has 3 aromatic rings. The lowest BCUT2D eigenvalue weighted by Gasteiger charge is -2.37. The fourth-order valence-corrected chi connectivity index (χ4v) is 5.35. The minimum absolute atomic E-state index is 0.169. The number of carbonyl (C=O) groups excluding carboxylic acids is 2. The minimum atomic E-state index is -2.63. The molecule has 2 aliphatic rings. The van der Waals surface area contributed by atoms with E-state index in [1.165, 1.54) is 6.08 Å². The Bertz CT molecular complexity index is 1380. The number of anilines is 1. The Balaban J connectivity index is 1.39. The Morgan fingerprint density at radius 1 is 1.24 bits per heavy atom. The first-order valence-electron chi connectivity index (χ1n) is 12.7. The largest absolute Gasteiger partial charge is 0.337 e. The molecule has 2 fully saturated rings. The molecule has 0 aliphatic carbocycles. The first kappa shape index (κ1) is 26.2. The van der Waals surface area contributed by atoms with Crippen molar-refractivity contribution in [3.8, 4) is 0 Å². The van der Waals surface area contributed by atoms with Crippen molar-refractivity contribution in [2.24, 2.45) is 0 Å². The van der Waals surface area contributed by atoms with E-state index in [1.54, 1.807) is 40.3 Å². The number of pyridine rings is 1. The molecule has 0 saturated carbocycles. The third kappa shape index (κ3) is 5.71. The third-order valence-corrected chi connectivity index (χ3v) is 7.21. The molecular formula is C27H29ClF2N6O2. The smallest absolute Gasteiger partial charge is 0.272 e. The van der Waals surface area contributed by atoms with Crippen molar-refractivity contribution in [2.75, 3.05) is 38.0 Å². The lowest BCUT2D eigenvalue weighted by molar-refractivity contribution is -0.127. The monoisotopic (exact) mass is 542 g/mol. The van der Waals surface area contributed by atoms with Crippen LogP contribution < -0.4 is 5.32 Å². The van der Waals surface area contributed by atoms with Crippen molar-refractivity contribution >= 4 is 40.4 Å². The molecule has 1 atom stereocenters. The number of nitrogens with zero attached hydrogens (tertiary/aromatic N) is 5. The van der Waals surface area contributed by atoms with Gasteiger partial charge in [-0.2, -0.15) is 0 Å². The number of carbonyl (C=O) groups is 2. The van der Waals surface area contributed by atoms with E-state index < -0.39 is 5.92 Å². The number of fused-ring (bicyclic) bond motifs is 1. The fraction of sp³-hybridized carbons (Fsp3) is 0.407. The van der Waals surface area contributed by atoms with Gasteiger partial charge in [0.1, 0.15) is 0 Å². The summed E-state index contributed by atoms with van der Waals surface area (Å²) in [5, 5.41) is 3.44. The molecule has 2 aromatic heterocycles. The standard InChI is InChI=1S/C27H29ClF2N6O2/c1-18-14-19(10-11-31-18)25(38)33-26-32-22-8-4-7-21(28)24(22)36(26)20-6-2-3-13-35(15-20)23(37)9-5-12-34-16-27(29,30)17-34/h4-5,7-11,14,20H,2-3,6,12-13,15-17H2,1H3,(H,32,33,38)/b9-5+. The normalized spacial score (nSPS) is 19.9. The molecular weight excluding hydrogens is 514 g/mol. The molecule has 1 unspecified atom stereocenters. The van der Waals surface area contributed by atoms with Crippen LogP contribution in [0.15, 0.2) is 48.7 Å². The number of nitrogens with one attached hydrogen (secondary N) is 1. The number of halogens is 3. The van der Waals surface area contributed by atoms with Gasteiger partial charge in [-0.25, -0.2) is 13.8 Å². The minimum Gasteiger partial charge on any atom is -0.337 e. The first-order chi connectivity index (χ1) is 18.2. The Hall–Kier alpha value is -3.37. The number of para-hydroxylation sites is 1. The Morgan fingerprint density at radius 2 is 2.05 bits per heavy atom. The van der Waals surface area contributed by atoms with Gasteiger partial charge in [0, 0.05) is 43.2 Å². The summed E-state index contributed by atoms with van der Waals surface area (Å²) >= 11 is 6.61. The van der Waals surface area contributed by atoms with Crippen LogP contribution in [0, 0.1) is 6.92 Å². The van der Waals surface area contributed by atoms with Crippen LogP contribution in [0.3, 0.4) is 0 Å². The molecule has 5 rings (SSSR count). The number of hydrogen-bond donors (Lipinski definition) is 1. The van der Waals surface area contributed by atoms with Gasteiger partial charge in [0.15, 0.2) is 0 Å². The van der Waals surface area contributed by atoms with Crippen LogP contribution in [-0.2, 0) is 4.79 Å². The van der Waals surface area contributed by atoms with Gasteiger partial charge in [-0.05, 0) is 50.5 Å². The predicted octanol–water partition coefficient (Wildman–Crippen LogP) is 4.71. The lowest BCUT2D eigenvalue weighted by atomic mass is 10.1. The van der Waals surface area contributed by atoms with Crippen LogP contribution in [0.25, 0.3) is 11.0 Å². The van der Waals surface area contributed by atoms with E-state index in [0.717, 1.165) is 25.0 Å². The molecule has 38 heavy (non-hydrogen) atoms. The van der Waals surface area contributed by atoms with E-state index >= 15 is 0 Å². The fourth-order valence-electron chi connectivity index (χ4n) is 5.09. The van der Waals surface area contributed by atoms with Gasteiger partial charge in [-0.1, -0.05) is 23.7 Å². The van der Waals surface area contributed by atoms with Crippen LogP contribution in [0.5, 0.6) is 0 Å². The summed E-state index contributed by atoms with van der Waals surface area (Å²) in [7, 11) is 0. The zero-order chi connectivity index (χ0) is 26.9. The maximum atomic E-state index is 13.1. The van der Waals surface area contributed by atoms with Crippen molar-refractivity contribution in [3.63, 3.8) is 0 Å². The quantitative estimate of drug-likeness (QED) is 0.456. The second kappa shape index (κ2) is 10.8. The summed E-state index contributed by atoms with van der Waals surface area (Å²) in [6.45, 7) is 2.55. The highest BCUT2D eigenvalue weighted by Crippen LogP contribution is 2.34. The van der Waals surface area contributed by atoms with Gasteiger partial charge >= 0.3 is 0 Å². The van der Waals surface area contributed by atoms with Gasteiger partial charge in [-0.15, -0.1) is 0 Å². The van der Waals surface area contributed by atoms with Gasteiger partial charge in [0.25, 0.3) is 11.8 Å². The highest BCUT2D eigenvalue weighted by atomic mass is 35.5. The SMILES string of the molecule is Cc1cc(C(=O)Nc2nc3cccc(Cl)c3n2C2CCCCN(C(=O)/C=C/CN3CC(F)(F)C3)C2)ccn1. The number of rotatable bonds is 6. The Labute approximate surface area is 224 Å². The van der Waals surface area contributed by atoms with E-state index in [4.69, 9.17) is 11.6 Å². The summed E-state index contributed by atoms with van der Waals surface area (Å²) in [5.41, 5.74) is 2.53. The zero-order valence-corrected chi connectivity index (χ0v) is 21.8. The Morgan fingerprint density at radius 3 is 2.82 bits per heavy atom. The highest BCUT2D eigenvalue weighted by molar-refractivity contribution is 6.35. The summed E-state index contributed by atoms with van der Waals surface area (Å²) < 4.78 is 28.1. The number of aryl methyl sites for hydroxylation is 1. The number of benzene rings is 1. The van der Waals surface area contributed by atoms with Gasteiger partial charge in [-0.3, -0.25) is 24.8 Å². The Kier molecular flexibility index (Phi) is 7.45. The summed E-state index contributed by atoms with van der Waals surface area (Å²) in [6, 6.07) is 8.59. The second-order valence-corrected chi connectivity index (χ2v) is 10.3. The number of likely N-dealkylation sites (tertiary alicyclic amines) is 2. The highest BCUT2D eigenvalue weighted by Gasteiger charge is 2.42. The molecule has 0 spiro atoms. The second-order valence-electron chi connectivity index (χ2n) is 9.91. The van der Waals surface area contributed by atoms with Gasteiger partial charge < -0.3 is 9.47 Å². The lowest BCUT2D eigenvalue weighted by Crippen LogP contribution is -2.55. The van der Waals surface area contributed by atoms with Crippen LogP contribution in [0.1, 0.15) is 41.4 Å². The molecule has 8 nitrogen and oxygen atoms in total. The van der Waals surface area contributed by atoms with E-state index in [9.17, 15) is 18.4 Å². The van der Waals surface area contributed by atoms with Crippen LogP contribution in [-0.4, -0.2) is 74.8 Å². The van der Waals surface area contributed by atoms with E-state index in [0.29, 0.717) is 47.2 Å². The van der Waals surface area contributed by atoms with Crippen molar-refractivity contribution in [2.45, 2.75) is 38.2 Å². The molecule has 1 N–H and O–H groups in total. The third-order valence-electron chi connectivity index (χ3n) is 6.90. The summed E-state index contributed by atoms with van der Waals surface area (Å²) in [6.07, 6.45) is 7.16. The number of aromatic nitrogens is 3. The number of imidazole rings is 1. The predicted molar refractivity (Wildman–Crippen MR) is 142 cm³/mol. The summed E-state index contributed by atoms with van der Waals surface area (Å²) in [4.78, 5) is 38.3. The molecule has 11 heteroatoms. The van der Waals surface area contributed by atoms with Crippen molar-refractivity contribution in [1.29, 1.82) is 0 Å². The molecule has 0 bridgehead atoms. The number of hydrogen-bond acceptors (Lipinski definition) is 5. The molecule has 200 valence electrons. The first-order valence-corrected chi connectivity index (χ1v) is 13.0. The molecule has 4 heterocycles. The van der Waals surface area contributed by atoms with E-state index in [-0.39, 0.29) is 30.9 Å². The molecule has 2 saturated heterocycles. The zero-order valence-electron chi connectivity index (χ0n) is 21.0. The topological polar surface area (TPSA) is 83.4 Å². The van der Waals surface area contributed by atoms with E-state index in [2.05, 4.69) is 15.3 Å². The molecule has 0 radical (unpaired) electrons. The number of alkyl halides is 2. The molecule has 2 aliphatic heterocycles. The van der Waals surface area contributed by atoms with Crippen LogP contribution in [0.2, 0.25) is 5.02 Å². The van der Waals surface area contributed by atoms with Gasteiger partial charge in [0.05, 0.1) is 35.2 Å².